The van der Waals surface area contributed by atoms with Crippen molar-refractivity contribution in [3.8, 4) is 0 Å². The van der Waals surface area contributed by atoms with Gasteiger partial charge in [0, 0.05) is 9.78 Å². The molecule has 66 valence electrons. The van der Waals surface area contributed by atoms with Crippen LogP contribution in [0.2, 0.25) is 0 Å². The molecule has 0 aromatic rings. The van der Waals surface area contributed by atoms with Crippen LogP contribution in [0.15, 0.2) is 0 Å². The van der Waals surface area contributed by atoms with E-state index in [1.807, 2.05) is 13.2 Å². The number of thioether (sulfide) groups is 1. The Kier molecular flexibility index (Phi) is 6.31. The molecule has 0 aliphatic rings. The zero-order chi connectivity index (χ0) is 8.69. The quantitative estimate of drug-likeness (QED) is 0.649. The Hall–Kier alpha value is -0.250. The molecular formula is C7H13FO2S. The van der Waals surface area contributed by atoms with Crippen LogP contribution in [0.3, 0.4) is 0 Å². The first-order valence-electron chi connectivity index (χ1n) is 3.58. The van der Waals surface area contributed by atoms with E-state index in [0.29, 0.717) is 0 Å². The van der Waals surface area contributed by atoms with Crippen molar-refractivity contribution < 1.29 is 14.3 Å². The van der Waals surface area contributed by atoms with Crippen molar-refractivity contribution in [1.82, 2.24) is 0 Å². The molecule has 0 bridgehead atoms. The van der Waals surface area contributed by atoms with Crippen LogP contribution in [0.5, 0.6) is 0 Å². The highest BCUT2D eigenvalue weighted by Gasteiger charge is 2.12. The predicted molar refractivity (Wildman–Crippen MR) is 44.0 cm³/mol. The van der Waals surface area contributed by atoms with Gasteiger partial charge in [-0.2, -0.15) is 11.8 Å². The van der Waals surface area contributed by atoms with Gasteiger partial charge in [-0.25, -0.2) is 4.79 Å². The maximum atomic E-state index is 11.3. The van der Waals surface area contributed by atoms with Crippen LogP contribution >= 0.6 is 11.8 Å². The summed E-state index contributed by atoms with van der Waals surface area (Å²) in [5, 5.41) is 0.197. The van der Waals surface area contributed by atoms with Gasteiger partial charge in [0.2, 0.25) is 0 Å². The molecule has 0 radical (unpaired) electrons. The summed E-state index contributed by atoms with van der Waals surface area (Å²) >= 11 is 1.57. The SMILES string of the molecule is CCCC(CC(=O)OF)SC. The van der Waals surface area contributed by atoms with Crippen LogP contribution in [0.4, 0.5) is 4.53 Å². The maximum Gasteiger partial charge on any atom is 0.349 e. The monoisotopic (exact) mass is 180 g/mol. The molecule has 0 rings (SSSR count). The van der Waals surface area contributed by atoms with E-state index in [9.17, 15) is 9.32 Å². The second-order valence-corrected chi connectivity index (χ2v) is 3.44. The molecule has 0 fully saturated rings. The first-order valence-corrected chi connectivity index (χ1v) is 4.87. The largest absolute Gasteiger partial charge is 0.349 e. The van der Waals surface area contributed by atoms with Crippen molar-refractivity contribution in [3.05, 3.63) is 0 Å². The van der Waals surface area contributed by atoms with Gasteiger partial charge in [0.15, 0.2) is 0 Å². The van der Waals surface area contributed by atoms with E-state index in [2.05, 4.69) is 4.94 Å². The lowest BCUT2D eigenvalue weighted by Gasteiger charge is -2.09. The summed E-state index contributed by atoms with van der Waals surface area (Å²) in [7, 11) is 0. The minimum absolute atomic E-state index is 0.172. The highest BCUT2D eigenvalue weighted by atomic mass is 32.2. The number of hydrogen-bond donors (Lipinski definition) is 0. The number of rotatable bonds is 5. The Labute approximate surface area is 70.4 Å². The summed E-state index contributed by atoms with van der Waals surface area (Å²) in [6.45, 7) is 2.03. The second kappa shape index (κ2) is 6.46. The van der Waals surface area contributed by atoms with Crippen molar-refractivity contribution >= 4 is 17.7 Å². The van der Waals surface area contributed by atoms with Crippen LogP contribution < -0.4 is 0 Å². The zero-order valence-electron chi connectivity index (χ0n) is 6.80. The van der Waals surface area contributed by atoms with Gasteiger partial charge in [-0.3, -0.25) is 4.94 Å². The molecule has 0 saturated heterocycles. The maximum absolute atomic E-state index is 11.3. The summed E-state index contributed by atoms with van der Waals surface area (Å²) in [4.78, 5) is 13.5. The smallest absolute Gasteiger partial charge is 0.255 e. The van der Waals surface area contributed by atoms with Gasteiger partial charge in [-0.1, -0.05) is 13.3 Å². The Morgan fingerprint density at radius 3 is 2.73 bits per heavy atom. The van der Waals surface area contributed by atoms with E-state index < -0.39 is 5.97 Å². The van der Waals surface area contributed by atoms with Crippen molar-refractivity contribution in [2.45, 2.75) is 31.4 Å². The average molecular weight is 180 g/mol. The molecule has 0 aromatic heterocycles. The first-order chi connectivity index (χ1) is 5.24. The molecule has 0 aromatic carbocycles. The third kappa shape index (κ3) is 5.07. The van der Waals surface area contributed by atoms with Crippen LogP contribution in [0.25, 0.3) is 0 Å². The van der Waals surface area contributed by atoms with E-state index in [1.165, 1.54) is 0 Å². The molecule has 0 aliphatic carbocycles. The minimum atomic E-state index is -0.766. The van der Waals surface area contributed by atoms with Gasteiger partial charge < -0.3 is 0 Å². The van der Waals surface area contributed by atoms with Crippen molar-refractivity contribution in [3.63, 3.8) is 0 Å². The Morgan fingerprint density at radius 2 is 2.36 bits per heavy atom. The molecule has 0 spiro atoms. The number of carbonyl (C=O) groups is 1. The summed E-state index contributed by atoms with van der Waals surface area (Å²) in [5.41, 5.74) is 0. The van der Waals surface area contributed by atoms with Gasteiger partial charge in [0.25, 0.3) is 0 Å². The molecule has 4 heteroatoms. The van der Waals surface area contributed by atoms with E-state index in [0.717, 1.165) is 12.8 Å². The Morgan fingerprint density at radius 1 is 1.73 bits per heavy atom. The molecule has 0 amide bonds. The van der Waals surface area contributed by atoms with Crippen molar-refractivity contribution in [1.29, 1.82) is 0 Å². The zero-order valence-corrected chi connectivity index (χ0v) is 7.62. The normalized spacial score (nSPS) is 12.6. The van der Waals surface area contributed by atoms with Gasteiger partial charge in [-0.05, 0) is 12.7 Å². The lowest BCUT2D eigenvalue weighted by Crippen LogP contribution is -2.09. The molecule has 1 unspecified atom stereocenters. The van der Waals surface area contributed by atoms with Crippen molar-refractivity contribution in [2.75, 3.05) is 6.26 Å². The van der Waals surface area contributed by atoms with Crippen LogP contribution in [0, 0.1) is 0 Å². The fourth-order valence-electron chi connectivity index (χ4n) is 0.843. The lowest BCUT2D eigenvalue weighted by atomic mass is 10.2. The second-order valence-electron chi connectivity index (χ2n) is 2.30. The molecule has 11 heavy (non-hydrogen) atoms. The van der Waals surface area contributed by atoms with Crippen LogP contribution in [-0.2, 0) is 9.74 Å². The molecule has 2 nitrogen and oxygen atoms in total. The summed E-state index contributed by atoms with van der Waals surface area (Å²) in [5.74, 6) is -0.766. The van der Waals surface area contributed by atoms with Gasteiger partial charge in [-0.15, -0.1) is 0 Å². The van der Waals surface area contributed by atoms with E-state index in [1.54, 1.807) is 11.8 Å². The molecular weight excluding hydrogens is 167 g/mol. The topological polar surface area (TPSA) is 26.3 Å². The fourth-order valence-corrected chi connectivity index (χ4v) is 1.62. The molecule has 0 heterocycles. The number of halogens is 1. The third-order valence-corrected chi connectivity index (χ3v) is 2.49. The van der Waals surface area contributed by atoms with Crippen molar-refractivity contribution in [2.24, 2.45) is 0 Å². The Bertz CT molecular complexity index is 119. The lowest BCUT2D eigenvalue weighted by molar-refractivity contribution is -0.183. The average Bonchev–Trinajstić information content (AvgIpc) is 2.03. The van der Waals surface area contributed by atoms with Gasteiger partial charge in [0.05, 0.1) is 6.42 Å². The fraction of sp³-hybridized carbons (Fsp3) is 0.857. The summed E-state index contributed by atoms with van der Waals surface area (Å²) < 4.78 is 11.3. The van der Waals surface area contributed by atoms with Gasteiger partial charge in [0.1, 0.15) is 0 Å². The third-order valence-electron chi connectivity index (χ3n) is 1.42. The summed E-state index contributed by atoms with van der Waals surface area (Å²) in [6.07, 6.45) is 4.01. The Balaban J connectivity index is 3.58. The number of carbonyl (C=O) groups excluding carboxylic acids is 1. The minimum Gasteiger partial charge on any atom is -0.255 e. The number of hydrogen-bond acceptors (Lipinski definition) is 3. The van der Waals surface area contributed by atoms with Crippen LogP contribution in [-0.4, -0.2) is 17.5 Å². The predicted octanol–water partition coefficient (Wildman–Crippen LogP) is 2.34. The molecule has 0 saturated carbocycles. The highest BCUT2D eigenvalue weighted by molar-refractivity contribution is 7.99. The molecule has 0 N–H and O–H groups in total. The van der Waals surface area contributed by atoms with Gasteiger partial charge >= 0.3 is 5.97 Å². The first kappa shape index (κ1) is 10.8. The summed E-state index contributed by atoms with van der Waals surface area (Å²) in [6, 6.07) is 0. The van der Waals surface area contributed by atoms with E-state index >= 15 is 0 Å². The molecule has 1 atom stereocenters. The van der Waals surface area contributed by atoms with E-state index in [-0.39, 0.29) is 11.7 Å². The standard InChI is InChI=1S/C7H13FO2S/c1-3-4-6(11-2)5-7(9)10-8/h6H,3-5H2,1-2H3. The van der Waals surface area contributed by atoms with E-state index in [4.69, 9.17) is 0 Å². The van der Waals surface area contributed by atoms with Crippen LogP contribution in [0.1, 0.15) is 26.2 Å². The molecule has 0 aliphatic heterocycles. The highest BCUT2D eigenvalue weighted by Crippen LogP contribution is 2.17.